The number of amides is 1. The number of hydrogen-bond acceptors (Lipinski definition) is 3. The standard InChI is InChI=1S/C18H18N4O/c1-2-21(16-6-4-3-5-7-16)18(23)14-22-17(10-13-20-22)15-8-11-19-12-9-15/h3-13H,2,14H2,1H3. The Bertz CT molecular complexity index is 768. The van der Waals surface area contributed by atoms with Gasteiger partial charge in [0.2, 0.25) is 5.91 Å². The molecule has 0 fully saturated rings. The van der Waals surface area contributed by atoms with Crippen LogP contribution in [0.4, 0.5) is 5.69 Å². The molecule has 2 heterocycles. The van der Waals surface area contributed by atoms with Crippen molar-refractivity contribution in [2.75, 3.05) is 11.4 Å². The van der Waals surface area contributed by atoms with Gasteiger partial charge in [0.1, 0.15) is 6.54 Å². The van der Waals surface area contributed by atoms with Gasteiger partial charge in [-0.05, 0) is 37.3 Å². The summed E-state index contributed by atoms with van der Waals surface area (Å²) in [5.74, 6) is 0.0118. The molecule has 0 aliphatic carbocycles. The van der Waals surface area contributed by atoms with Gasteiger partial charge in [-0.1, -0.05) is 18.2 Å². The van der Waals surface area contributed by atoms with Crippen molar-refractivity contribution in [3.8, 4) is 11.3 Å². The Hall–Kier alpha value is -2.95. The normalized spacial score (nSPS) is 10.5. The van der Waals surface area contributed by atoms with Crippen LogP contribution in [-0.2, 0) is 11.3 Å². The fraction of sp³-hybridized carbons (Fsp3) is 0.167. The van der Waals surface area contributed by atoms with Crippen molar-refractivity contribution in [3.63, 3.8) is 0 Å². The van der Waals surface area contributed by atoms with Gasteiger partial charge in [-0.15, -0.1) is 0 Å². The molecule has 0 aliphatic rings. The molecule has 0 saturated carbocycles. The lowest BCUT2D eigenvalue weighted by molar-refractivity contribution is -0.119. The maximum Gasteiger partial charge on any atom is 0.248 e. The molecule has 1 aromatic carbocycles. The summed E-state index contributed by atoms with van der Waals surface area (Å²) >= 11 is 0. The zero-order valence-corrected chi connectivity index (χ0v) is 13.0. The molecular weight excluding hydrogens is 288 g/mol. The molecule has 116 valence electrons. The van der Waals surface area contributed by atoms with E-state index in [9.17, 15) is 4.79 Å². The van der Waals surface area contributed by atoms with Gasteiger partial charge in [0, 0.05) is 36.4 Å². The van der Waals surface area contributed by atoms with E-state index in [2.05, 4.69) is 10.1 Å². The predicted octanol–water partition coefficient (Wildman–Crippen LogP) is 3.00. The lowest BCUT2D eigenvalue weighted by Gasteiger charge is -2.21. The van der Waals surface area contributed by atoms with Crippen molar-refractivity contribution >= 4 is 11.6 Å². The molecule has 5 nitrogen and oxygen atoms in total. The first kappa shape index (κ1) is 15.0. The van der Waals surface area contributed by atoms with Crippen LogP contribution in [0.1, 0.15) is 6.92 Å². The molecule has 0 unspecified atom stereocenters. The Morgan fingerprint density at radius 3 is 2.48 bits per heavy atom. The van der Waals surface area contributed by atoms with Gasteiger partial charge in [0.05, 0.1) is 5.69 Å². The van der Waals surface area contributed by atoms with Crippen LogP contribution in [0.15, 0.2) is 67.1 Å². The summed E-state index contributed by atoms with van der Waals surface area (Å²) in [5, 5.41) is 4.29. The average Bonchev–Trinajstić information content (AvgIpc) is 3.05. The van der Waals surface area contributed by atoms with Crippen molar-refractivity contribution in [3.05, 3.63) is 67.1 Å². The number of nitrogens with zero attached hydrogens (tertiary/aromatic N) is 4. The van der Waals surface area contributed by atoms with E-state index in [0.29, 0.717) is 6.54 Å². The highest BCUT2D eigenvalue weighted by Crippen LogP contribution is 2.19. The molecule has 0 atom stereocenters. The molecule has 0 N–H and O–H groups in total. The van der Waals surface area contributed by atoms with E-state index in [0.717, 1.165) is 16.9 Å². The molecule has 0 radical (unpaired) electrons. The van der Waals surface area contributed by atoms with Gasteiger partial charge in [-0.2, -0.15) is 5.10 Å². The SMILES string of the molecule is CCN(C(=O)Cn1nccc1-c1ccncc1)c1ccccc1. The molecular formula is C18H18N4O. The largest absolute Gasteiger partial charge is 0.311 e. The molecule has 2 aromatic heterocycles. The molecule has 0 aliphatic heterocycles. The van der Waals surface area contributed by atoms with Crippen LogP contribution >= 0.6 is 0 Å². The van der Waals surface area contributed by atoms with E-state index in [1.54, 1.807) is 28.2 Å². The Labute approximate surface area is 135 Å². The van der Waals surface area contributed by atoms with E-state index < -0.39 is 0 Å². The molecule has 0 bridgehead atoms. The zero-order chi connectivity index (χ0) is 16.1. The van der Waals surface area contributed by atoms with Gasteiger partial charge < -0.3 is 4.90 Å². The van der Waals surface area contributed by atoms with Crippen LogP contribution < -0.4 is 4.90 Å². The van der Waals surface area contributed by atoms with Crippen molar-refractivity contribution in [1.82, 2.24) is 14.8 Å². The maximum absolute atomic E-state index is 12.7. The summed E-state index contributed by atoms with van der Waals surface area (Å²) in [5.41, 5.74) is 2.80. The minimum atomic E-state index is 0.0118. The average molecular weight is 306 g/mol. The van der Waals surface area contributed by atoms with Crippen molar-refractivity contribution in [1.29, 1.82) is 0 Å². The smallest absolute Gasteiger partial charge is 0.248 e. The number of hydrogen-bond donors (Lipinski definition) is 0. The van der Waals surface area contributed by atoms with Gasteiger partial charge in [-0.3, -0.25) is 14.5 Å². The molecule has 0 spiro atoms. The van der Waals surface area contributed by atoms with Crippen LogP contribution in [-0.4, -0.2) is 27.2 Å². The maximum atomic E-state index is 12.7. The number of rotatable bonds is 5. The fourth-order valence-corrected chi connectivity index (χ4v) is 2.55. The van der Waals surface area contributed by atoms with E-state index in [1.807, 2.05) is 55.5 Å². The number of likely N-dealkylation sites (N-methyl/N-ethyl adjacent to an activating group) is 1. The highest BCUT2D eigenvalue weighted by atomic mass is 16.2. The summed E-state index contributed by atoms with van der Waals surface area (Å²) in [6, 6.07) is 15.4. The lowest BCUT2D eigenvalue weighted by atomic mass is 10.2. The fourth-order valence-electron chi connectivity index (χ4n) is 2.55. The zero-order valence-electron chi connectivity index (χ0n) is 13.0. The quantitative estimate of drug-likeness (QED) is 0.728. The Balaban J connectivity index is 1.82. The second-order valence-electron chi connectivity index (χ2n) is 5.08. The van der Waals surface area contributed by atoms with Crippen molar-refractivity contribution < 1.29 is 4.79 Å². The van der Waals surface area contributed by atoms with E-state index >= 15 is 0 Å². The third kappa shape index (κ3) is 3.29. The topological polar surface area (TPSA) is 51.0 Å². The monoisotopic (exact) mass is 306 g/mol. The number of pyridine rings is 1. The molecule has 0 saturated heterocycles. The predicted molar refractivity (Wildman–Crippen MR) is 89.9 cm³/mol. The summed E-state index contributed by atoms with van der Waals surface area (Å²) < 4.78 is 1.73. The summed E-state index contributed by atoms with van der Waals surface area (Å²) in [6.45, 7) is 2.79. The van der Waals surface area contributed by atoms with Crippen LogP contribution in [0.3, 0.4) is 0 Å². The molecule has 3 aromatic rings. The second-order valence-corrected chi connectivity index (χ2v) is 5.08. The Morgan fingerprint density at radius 1 is 1.04 bits per heavy atom. The van der Waals surface area contributed by atoms with E-state index in [4.69, 9.17) is 0 Å². The first-order valence-electron chi connectivity index (χ1n) is 7.57. The van der Waals surface area contributed by atoms with Crippen LogP contribution in [0, 0.1) is 0 Å². The third-order valence-corrected chi connectivity index (χ3v) is 3.66. The highest BCUT2D eigenvalue weighted by molar-refractivity contribution is 5.93. The lowest BCUT2D eigenvalue weighted by Crippen LogP contribution is -2.34. The number of benzene rings is 1. The van der Waals surface area contributed by atoms with Crippen LogP contribution in [0.2, 0.25) is 0 Å². The summed E-state index contributed by atoms with van der Waals surface area (Å²) in [4.78, 5) is 18.5. The number of para-hydroxylation sites is 1. The van der Waals surface area contributed by atoms with Gasteiger partial charge in [-0.25, -0.2) is 0 Å². The molecule has 3 rings (SSSR count). The van der Waals surface area contributed by atoms with E-state index in [-0.39, 0.29) is 12.5 Å². The number of anilines is 1. The van der Waals surface area contributed by atoms with Gasteiger partial charge in [0.15, 0.2) is 0 Å². The highest BCUT2D eigenvalue weighted by Gasteiger charge is 2.16. The van der Waals surface area contributed by atoms with Crippen LogP contribution in [0.25, 0.3) is 11.3 Å². The molecule has 5 heteroatoms. The Kier molecular flexibility index (Phi) is 4.47. The van der Waals surface area contributed by atoms with Crippen molar-refractivity contribution in [2.45, 2.75) is 13.5 Å². The second kappa shape index (κ2) is 6.87. The number of aromatic nitrogens is 3. The number of carbonyl (C=O) groups is 1. The van der Waals surface area contributed by atoms with Crippen molar-refractivity contribution in [2.24, 2.45) is 0 Å². The third-order valence-electron chi connectivity index (χ3n) is 3.66. The molecule has 1 amide bonds. The first-order valence-corrected chi connectivity index (χ1v) is 7.57. The van der Waals surface area contributed by atoms with Gasteiger partial charge >= 0.3 is 0 Å². The summed E-state index contributed by atoms with van der Waals surface area (Å²) in [7, 11) is 0. The van der Waals surface area contributed by atoms with Gasteiger partial charge in [0.25, 0.3) is 0 Å². The first-order chi connectivity index (χ1) is 11.3. The van der Waals surface area contributed by atoms with Crippen LogP contribution in [0.5, 0.6) is 0 Å². The Morgan fingerprint density at radius 2 is 1.78 bits per heavy atom. The minimum absolute atomic E-state index is 0.0118. The summed E-state index contributed by atoms with van der Waals surface area (Å²) in [6.07, 6.45) is 5.18. The van der Waals surface area contributed by atoms with E-state index in [1.165, 1.54) is 0 Å². The minimum Gasteiger partial charge on any atom is -0.311 e. The number of carbonyl (C=O) groups excluding carboxylic acids is 1. The molecule has 23 heavy (non-hydrogen) atoms.